The Kier molecular flexibility index (Phi) is 7.03. The summed E-state index contributed by atoms with van der Waals surface area (Å²) < 4.78 is 0. The van der Waals surface area contributed by atoms with Gasteiger partial charge in [-0.05, 0) is 37.0 Å². The Bertz CT molecular complexity index is 1040. The van der Waals surface area contributed by atoms with Gasteiger partial charge in [0.05, 0.1) is 18.1 Å². The second kappa shape index (κ2) is 9.89. The molecule has 6 heteroatoms. The summed E-state index contributed by atoms with van der Waals surface area (Å²) in [6, 6.07) is 6.09. The molecule has 1 aromatic carbocycles. The average Bonchev–Trinajstić information content (AvgIpc) is 3.18. The maximum Gasteiger partial charge on any atom is 0.229 e. The maximum atomic E-state index is 12.8. The largest absolute Gasteiger partial charge is 0.316 e. The third-order valence-electron chi connectivity index (χ3n) is 4.50. The van der Waals surface area contributed by atoms with Crippen molar-refractivity contribution in [2.75, 3.05) is 5.32 Å². The first-order valence-electron chi connectivity index (χ1n) is 9.53. The second-order valence-electron chi connectivity index (χ2n) is 6.61. The standard InChI is InChI=1S/C23H24N4OS/c1-4-7-19-17(12-16(3)5-2)8-6-9-18(19)13-21(28)27-23-22(26-15-29-23)20-14-24-10-11-25-20/h4,6-12,14-15H,5,13H2,1-3H3,(H,27,28)/b7-4-,16-12+. The van der Waals surface area contributed by atoms with Crippen LogP contribution in [0.2, 0.25) is 0 Å². The highest BCUT2D eigenvalue weighted by molar-refractivity contribution is 7.14. The Morgan fingerprint density at radius 1 is 1.24 bits per heavy atom. The van der Waals surface area contributed by atoms with E-state index >= 15 is 0 Å². The number of thiazole rings is 1. The lowest BCUT2D eigenvalue weighted by atomic mass is 9.96. The van der Waals surface area contributed by atoms with Crippen molar-refractivity contribution in [2.45, 2.75) is 33.6 Å². The van der Waals surface area contributed by atoms with Crippen LogP contribution in [0.3, 0.4) is 0 Å². The molecule has 0 spiro atoms. The minimum atomic E-state index is -0.0847. The molecular weight excluding hydrogens is 380 g/mol. The van der Waals surface area contributed by atoms with Gasteiger partial charge in [0.25, 0.3) is 0 Å². The van der Waals surface area contributed by atoms with E-state index in [1.165, 1.54) is 16.9 Å². The Labute approximate surface area is 175 Å². The first-order valence-corrected chi connectivity index (χ1v) is 10.4. The number of nitrogens with one attached hydrogen (secondary N) is 1. The SMILES string of the molecule is C/C=C\c1c(/C=C(\C)CC)cccc1CC(=O)Nc1scnc1-c1cnccn1. The number of rotatable bonds is 7. The molecule has 2 heterocycles. The number of allylic oxidation sites excluding steroid dienone is 2. The van der Waals surface area contributed by atoms with Crippen LogP contribution >= 0.6 is 11.3 Å². The number of carbonyl (C=O) groups is 1. The molecule has 0 aliphatic heterocycles. The van der Waals surface area contributed by atoms with Crippen molar-refractivity contribution in [1.82, 2.24) is 15.0 Å². The Morgan fingerprint density at radius 2 is 2.10 bits per heavy atom. The molecule has 0 fully saturated rings. The fourth-order valence-electron chi connectivity index (χ4n) is 2.93. The number of nitrogens with zero attached hydrogens (tertiary/aromatic N) is 3. The van der Waals surface area contributed by atoms with Crippen LogP contribution in [0.1, 0.15) is 43.9 Å². The monoisotopic (exact) mass is 404 g/mol. The first kappa shape index (κ1) is 20.6. The number of benzene rings is 1. The van der Waals surface area contributed by atoms with Crippen LogP contribution in [-0.4, -0.2) is 20.9 Å². The van der Waals surface area contributed by atoms with E-state index in [1.54, 1.807) is 24.1 Å². The molecule has 0 unspecified atom stereocenters. The number of aromatic nitrogens is 3. The van der Waals surface area contributed by atoms with Gasteiger partial charge in [0.2, 0.25) is 5.91 Å². The molecule has 29 heavy (non-hydrogen) atoms. The van der Waals surface area contributed by atoms with E-state index in [9.17, 15) is 4.79 Å². The summed E-state index contributed by atoms with van der Waals surface area (Å²) in [5.74, 6) is -0.0847. The van der Waals surface area contributed by atoms with Gasteiger partial charge in [-0.25, -0.2) is 4.98 Å². The summed E-state index contributed by atoms with van der Waals surface area (Å²) >= 11 is 1.38. The predicted octanol–water partition coefficient (Wildman–Crippen LogP) is 5.63. The smallest absolute Gasteiger partial charge is 0.229 e. The lowest BCUT2D eigenvalue weighted by Crippen LogP contribution is -2.15. The van der Waals surface area contributed by atoms with Crippen LogP contribution in [0.25, 0.3) is 23.5 Å². The zero-order valence-electron chi connectivity index (χ0n) is 16.8. The van der Waals surface area contributed by atoms with Gasteiger partial charge in [0, 0.05) is 12.4 Å². The van der Waals surface area contributed by atoms with Gasteiger partial charge in [0.1, 0.15) is 16.4 Å². The molecule has 1 N–H and O–H groups in total. The van der Waals surface area contributed by atoms with E-state index in [1.807, 2.05) is 25.1 Å². The molecule has 0 saturated heterocycles. The fourth-order valence-corrected chi connectivity index (χ4v) is 3.64. The third-order valence-corrected chi connectivity index (χ3v) is 5.24. The zero-order valence-corrected chi connectivity index (χ0v) is 17.7. The van der Waals surface area contributed by atoms with Gasteiger partial charge < -0.3 is 5.32 Å². The van der Waals surface area contributed by atoms with Crippen LogP contribution in [0.5, 0.6) is 0 Å². The molecule has 1 amide bonds. The van der Waals surface area contributed by atoms with Crippen molar-refractivity contribution in [3.63, 3.8) is 0 Å². The predicted molar refractivity (Wildman–Crippen MR) is 121 cm³/mol. The van der Waals surface area contributed by atoms with Crippen LogP contribution in [-0.2, 0) is 11.2 Å². The van der Waals surface area contributed by atoms with Crippen molar-refractivity contribution in [2.24, 2.45) is 0 Å². The topological polar surface area (TPSA) is 67.8 Å². The molecule has 0 bridgehead atoms. The Balaban J connectivity index is 1.84. The van der Waals surface area contributed by atoms with E-state index < -0.39 is 0 Å². The highest BCUT2D eigenvalue weighted by atomic mass is 32.1. The van der Waals surface area contributed by atoms with E-state index in [0.717, 1.165) is 23.1 Å². The van der Waals surface area contributed by atoms with E-state index in [4.69, 9.17) is 0 Å². The normalized spacial score (nSPS) is 11.8. The Hall–Kier alpha value is -3.12. The number of carbonyl (C=O) groups excluding carboxylic acids is 1. The molecule has 0 saturated carbocycles. The maximum absolute atomic E-state index is 12.8. The van der Waals surface area contributed by atoms with Gasteiger partial charge in [-0.15, -0.1) is 11.3 Å². The average molecular weight is 405 g/mol. The summed E-state index contributed by atoms with van der Waals surface area (Å²) in [4.78, 5) is 25.5. The molecule has 2 aromatic heterocycles. The molecule has 0 aliphatic rings. The lowest BCUT2D eigenvalue weighted by molar-refractivity contribution is -0.115. The summed E-state index contributed by atoms with van der Waals surface area (Å²) in [5, 5.41) is 3.67. The highest BCUT2D eigenvalue weighted by Crippen LogP contribution is 2.29. The van der Waals surface area contributed by atoms with Gasteiger partial charge in [-0.1, -0.05) is 48.9 Å². The van der Waals surface area contributed by atoms with E-state index in [-0.39, 0.29) is 12.3 Å². The van der Waals surface area contributed by atoms with Gasteiger partial charge >= 0.3 is 0 Å². The molecule has 0 aliphatic carbocycles. The molecule has 3 aromatic rings. The summed E-state index contributed by atoms with van der Waals surface area (Å²) in [6.07, 6.45) is 12.4. The highest BCUT2D eigenvalue weighted by Gasteiger charge is 2.15. The van der Waals surface area contributed by atoms with Crippen molar-refractivity contribution in [1.29, 1.82) is 0 Å². The first-order chi connectivity index (χ1) is 14.1. The number of anilines is 1. The quantitative estimate of drug-likeness (QED) is 0.554. The number of amides is 1. The summed E-state index contributed by atoms with van der Waals surface area (Å²) in [5.41, 5.74) is 7.48. The van der Waals surface area contributed by atoms with Crippen LogP contribution < -0.4 is 5.32 Å². The third kappa shape index (κ3) is 5.23. The molecule has 148 valence electrons. The van der Waals surface area contributed by atoms with Crippen molar-refractivity contribution in [3.05, 3.63) is 70.6 Å². The Morgan fingerprint density at radius 3 is 2.83 bits per heavy atom. The summed E-state index contributed by atoms with van der Waals surface area (Å²) in [6.45, 7) is 6.25. The van der Waals surface area contributed by atoms with E-state index in [2.05, 4.69) is 52.3 Å². The zero-order chi connectivity index (χ0) is 20.6. The number of hydrogen-bond acceptors (Lipinski definition) is 5. The van der Waals surface area contributed by atoms with Gasteiger partial charge in [0.15, 0.2) is 0 Å². The molecular formula is C23H24N4OS. The lowest BCUT2D eigenvalue weighted by Gasteiger charge is -2.11. The summed E-state index contributed by atoms with van der Waals surface area (Å²) in [7, 11) is 0. The van der Waals surface area contributed by atoms with Crippen LogP contribution in [0.4, 0.5) is 5.00 Å². The van der Waals surface area contributed by atoms with Crippen molar-refractivity contribution in [3.8, 4) is 11.4 Å². The van der Waals surface area contributed by atoms with E-state index in [0.29, 0.717) is 16.4 Å². The molecule has 0 radical (unpaired) electrons. The molecule has 3 rings (SSSR count). The second-order valence-corrected chi connectivity index (χ2v) is 7.46. The van der Waals surface area contributed by atoms with Gasteiger partial charge in [-0.3, -0.25) is 14.8 Å². The minimum Gasteiger partial charge on any atom is -0.316 e. The van der Waals surface area contributed by atoms with Crippen molar-refractivity contribution >= 4 is 34.4 Å². The molecule has 0 atom stereocenters. The van der Waals surface area contributed by atoms with Crippen LogP contribution in [0.15, 0.2) is 53.9 Å². The van der Waals surface area contributed by atoms with Crippen molar-refractivity contribution < 1.29 is 4.79 Å². The van der Waals surface area contributed by atoms with Gasteiger partial charge in [-0.2, -0.15) is 0 Å². The minimum absolute atomic E-state index is 0.0847. The molecule has 5 nitrogen and oxygen atoms in total. The van der Waals surface area contributed by atoms with Crippen LogP contribution in [0, 0.1) is 0 Å². The fraction of sp³-hybridized carbons (Fsp3) is 0.217. The number of hydrogen-bond donors (Lipinski definition) is 1.